The number of likely N-dealkylation sites (N-methyl/N-ethyl adjacent to an activating group) is 1. The summed E-state index contributed by atoms with van der Waals surface area (Å²) >= 11 is 1.74. The zero-order valence-corrected chi connectivity index (χ0v) is 27.4. The molecule has 2 heterocycles. The SMILES string of the molecule is C=C/C=C\C=C.CCC(C)CNC.CCOCC(C)c1ncc(SCC)n1C(C)COC=O.CN1CCOCC1. The normalized spacial score (nSPS) is 15.2. The fourth-order valence-corrected chi connectivity index (χ4v) is 4.18. The highest BCUT2D eigenvalue weighted by atomic mass is 32.2. The van der Waals surface area contributed by atoms with Gasteiger partial charge in [-0.15, -0.1) is 11.8 Å². The largest absolute Gasteiger partial charge is 0.466 e. The van der Waals surface area contributed by atoms with E-state index < -0.39 is 0 Å². The monoisotopic (exact) mass is 582 g/mol. The number of nitrogens with one attached hydrogen (secondary N) is 1. The van der Waals surface area contributed by atoms with E-state index >= 15 is 0 Å². The van der Waals surface area contributed by atoms with Gasteiger partial charge >= 0.3 is 0 Å². The summed E-state index contributed by atoms with van der Waals surface area (Å²) in [7, 11) is 4.11. The van der Waals surface area contributed by atoms with Gasteiger partial charge in [-0.3, -0.25) is 4.79 Å². The zero-order chi connectivity index (χ0) is 30.6. The number of rotatable bonds is 15. The molecule has 9 heteroatoms. The quantitative estimate of drug-likeness (QED) is 0.154. The van der Waals surface area contributed by atoms with E-state index in [2.05, 4.69) is 67.7 Å². The molecular formula is C31H58N4O4S. The smallest absolute Gasteiger partial charge is 0.293 e. The van der Waals surface area contributed by atoms with Crippen LogP contribution in [0.1, 0.15) is 65.7 Å². The summed E-state index contributed by atoms with van der Waals surface area (Å²) < 4.78 is 17.6. The maximum atomic E-state index is 10.4. The number of hydrogen-bond donors (Lipinski definition) is 1. The third kappa shape index (κ3) is 20.9. The minimum atomic E-state index is 0.0656. The minimum absolute atomic E-state index is 0.0656. The number of allylic oxidation sites excluding steroid dienone is 4. The van der Waals surface area contributed by atoms with Gasteiger partial charge < -0.3 is 29.0 Å². The summed E-state index contributed by atoms with van der Waals surface area (Å²) in [5.74, 6) is 3.01. The van der Waals surface area contributed by atoms with Crippen molar-refractivity contribution in [1.82, 2.24) is 19.8 Å². The molecular weight excluding hydrogens is 524 g/mol. The first-order chi connectivity index (χ1) is 19.3. The molecule has 3 unspecified atom stereocenters. The Morgan fingerprint density at radius 1 is 1.12 bits per heavy atom. The molecule has 3 atom stereocenters. The summed E-state index contributed by atoms with van der Waals surface area (Å²) in [6.45, 7) is 27.0. The first kappa shape index (κ1) is 40.2. The average Bonchev–Trinajstić information content (AvgIpc) is 3.39. The van der Waals surface area contributed by atoms with Crippen molar-refractivity contribution in [2.45, 2.75) is 64.9 Å². The van der Waals surface area contributed by atoms with Crippen molar-refractivity contribution in [1.29, 1.82) is 0 Å². The molecule has 232 valence electrons. The predicted octanol–water partition coefficient (Wildman–Crippen LogP) is 5.98. The minimum Gasteiger partial charge on any atom is -0.466 e. The van der Waals surface area contributed by atoms with Crippen molar-refractivity contribution in [3.05, 3.63) is 49.5 Å². The molecule has 8 nitrogen and oxygen atoms in total. The molecule has 1 aromatic heterocycles. The van der Waals surface area contributed by atoms with Crippen LogP contribution in [0.2, 0.25) is 0 Å². The van der Waals surface area contributed by atoms with Crippen molar-refractivity contribution in [3.63, 3.8) is 0 Å². The Bertz CT molecular complexity index is 754. The second kappa shape index (κ2) is 28.6. The van der Waals surface area contributed by atoms with E-state index in [4.69, 9.17) is 14.2 Å². The topological polar surface area (TPSA) is 77.8 Å². The van der Waals surface area contributed by atoms with Gasteiger partial charge in [0.25, 0.3) is 6.47 Å². The zero-order valence-electron chi connectivity index (χ0n) is 26.6. The highest BCUT2D eigenvalue weighted by Crippen LogP contribution is 2.28. The number of carbonyl (C=O) groups excluding carboxylic acids is 1. The number of nitrogens with zero attached hydrogens (tertiary/aromatic N) is 3. The number of thioether (sulfide) groups is 1. The fourth-order valence-electron chi connectivity index (χ4n) is 3.35. The lowest BCUT2D eigenvalue weighted by Crippen LogP contribution is -2.32. The molecule has 2 rings (SSSR count). The molecule has 1 fully saturated rings. The van der Waals surface area contributed by atoms with Gasteiger partial charge in [-0.05, 0) is 46.2 Å². The van der Waals surface area contributed by atoms with Crippen LogP contribution in [-0.4, -0.2) is 93.4 Å². The van der Waals surface area contributed by atoms with E-state index in [1.54, 1.807) is 23.9 Å². The van der Waals surface area contributed by atoms with Gasteiger partial charge in [0.05, 0.1) is 37.1 Å². The lowest BCUT2D eigenvalue weighted by atomic mass is 10.1. The van der Waals surface area contributed by atoms with Crippen LogP contribution in [0.5, 0.6) is 0 Å². The van der Waals surface area contributed by atoms with Crippen molar-refractivity contribution in [2.75, 3.05) is 72.5 Å². The Labute approximate surface area is 249 Å². The summed E-state index contributed by atoms with van der Waals surface area (Å²) in [6, 6.07) is 0.0656. The Kier molecular flexibility index (Phi) is 28.8. The summed E-state index contributed by atoms with van der Waals surface area (Å²) in [4.78, 5) is 17.2. The van der Waals surface area contributed by atoms with Crippen molar-refractivity contribution in [3.8, 4) is 0 Å². The molecule has 1 aliphatic heterocycles. The van der Waals surface area contributed by atoms with E-state index in [1.165, 1.54) is 6.42 Å². The van der Waals surface area contributed by atoms with Gasteiger partial charge in [0.2, 0.25) is 0 Å². The number of aromatic nitrogens is 2. The van der Waals surface area contributed by atoms with Crippen LogP contribution in [0.4, 0.5) is 0 Å². The van der Waals surface area contributed by atoms with Crippen molar-refractivity contribution in [2.24, 2.45) is 5.92 Å². The standard InChI is InChI=1S/C14H24N2O3S.C6H15N.C6H8.C5H11NO/c1-5-18-8-11(3)14-15-7-13(20-6-2)16(14)12(4)9-19-10-17;1-4-6(2)5-7-3;1-3-5-6-4-2;1-6-2-4-7-5-3-6/h7,10-12H,5-6,8-9H2,1-4H3;6-7H,4-5H2,1-3H3;3-6H,1-2H2;2-5H2,1H3/b;;6-5-;. The fraction of sp³-hybridized carbons (Fsp3) is 0.677. The summed E-state index contributed by atoms with van der Waals surface area (Å²) in [5.41, 5.74) is 0. The Morgan fingerprint density at radius 3 is 2.15 bits per heavy atom. The lowest BCUT2D eigenvalue weighted by molar-refractivity contribution is -0.129. The Hall–Kier alpha value is -1.91. The number of morpholine rings is 1. The summed E-state index contributed by atoms with van der Waals surface area (Å²) in [5, 5.41) is 4.22. The molecule has 40 heavy (non-hydrogen) atoms. The van der Waals surface area contributed by atoms with Gasteiger partial charge in [-0.25, -0.2) is 4.98 Å². The molecule has 0 bridgehead atoms. The van der Waals surface area contributed by atoms with E-state index in [0.29, 0.717) is 26.3 Å². The molecule has 1 aliphatic rings. The van der Waals surface area contributed by atoms with Gasteiger partial charge in [-0.2, -0.15) is 0 Å². The number of imidazole rings is 1. The lowest BCUT2D eigenvalue weighted by Gasteiger charge is -2.21. The molecule has 1 N–H and O–H groups in total. The van der Waals surface area contributed by atoms with E-state index in [-0.39, 0.29) is 12.0 Å². The maximum Gasteiger partial charge on any atom is 0.293 e. The highest BCUT2D eigenvalue weighted by Gasteiger charge is 2.20. The second-order valence-corrected chi connectivity index (χ2v) is 10.7. The Morgan fingerprint density at radius 2 is 1.75 bits per heavy atom. The van der Waals surface area contributed by atoms with Crippen LogP contribution >= 0.6 is 11.8 Å². The molecule has 0 aliphatic carbocycles. The van der Waals surface area contributed by atoms with Crippen LogP contribution < -0.4 is 5.32 Å². The summed E-state index contributed by atoms with van der Waals surface area (Å²) in [6.07, 6.45) is 10.2. The highest BCUT2D eigenvalue weighted by molar-refractivity contribution is 7.99. The van der Waals surface area contributed by atoms with E-state index in [9.17, 15) is 4.79 Å². The third-order valence-electron chi connectivity index (χ3n) is 5.81. The molecule has 1 aromatic rings. The van der Waals surface area contributed by atoms with Crippen molar-refractivity contribution >= 4 is 18.2 Å². The second-order valence-electron chi connectivity index (χ2n) is 9.44. The maximum absolute atomic E-state index is 10.4. The van der Waals surface area contributed by atoms with E-state index in [1.807, 2.05) is 39.2 Å². The average molecular weight is 583 g/mol. The predicted molar refractivity (Wildman–Crippen MR) is 171 cm³/mol. The molecule has 0 saturated carbocycles. The molecule has 0 radical (unpaired) electrons. The van der Waals surface area contributed by atoms with E-state index in [0.717, 1.165) is 55.4 Å². The molecule has 0 spiro atoms. The van der Waals surface area contributed by atoms with Crippen LogP contribution in [-0.2, 0) is 19.0 Å². The van der Waals surface area contributed by atoms with Crippen LogP contribution in [0.15, 0.2) is 48.7 Å². The Balaban J connectivity index is 0. The van der Waals surface area contributed by atoms with Gasteiger partial charge in [0, 0.05) is 25.6 Å². The first-order valence-electron chi connectivity index (χ1n) is 14.4. The first-order valence-corrected chi connectivity index (χ1v) is 15.4. The third-order valence-corrected chi connectivity index (χ3v) is 6.70. The van der Waals surface area contributed by atoms with Crippen LogP contribution in [0.25, 0.3) is 0 Å². The van der Waals surface area contributed by atoms with Gasteiger partial charge in [0.1, 0.15) is 12.4 Å². The van der Waals surface area contributed by atoms with Gasteiger partial charge in [0.15, 0.2) is 0 Å². The molecule has 0 aromatic carbocycles. The number of hydrogen-bond acceptors (Lipinski definition) is 8. The van der Waals surface area contributed by atoms with Crippen LogP contribution in [0, 0.1) is 5.92 Å². The van der Waals surface area contributed by atoms with Crippen molar-refractivity contribution < 1.29 is 19.0 Å². The molecule has 1 saturated heterocycles. The van der Waals surface area contributed by atoms with Gasteiger partial charge in [-0.1, -0.05) is 71.6 Å². The molecule has 0 amide bonds. The number of carbonyl (C=O) groups is 1. The van der Waals surface area contributed by atoms with Crippen LogP contribution in [0.3, 0.4) is 0 Å². The number of ether oxygens (including phenoxy) is 3.